The van der Waals surface area contributed by atoms with E-state index in [9.17, 15) is 21.6 Å². The van der Waals surface area contributed by atoms with E-state index >= 15 is 0 Å². The molecule has 0 unspecified atom stereocenters. The summed E-state index contributed by atoms with van der Waals surface area (Å²) in [7, 11) is -3.52. The maximum atomic E-state index is 12.2. The fraction of sp³-hybridized carbons (Fsp3) is 0.538. The van der Waals surface area contributed by atoms with Crippen molar-refractivity contribution in [2.24, 2.45) is 0 Å². The summed E-state index contributed by atoms with van der Waals surface area (Å²) in [6.07, 6.45) is -4.79. The van der Waals surface area contributed by atoms with Crippen LogP contribution in [0.15, 0.2) is 29.2 Å². The molecule has 0 aromatic heterocycles. The van der Waals surface area contributed by atoms with Crippen LogP contribution in [0.2, 0.25) is 0 Å². The second-order valence-corrected chi connectivity index (χ2v) is 7.06. The van der Waals surface area contributed by atoms with Crippen molar-refractivity contribution in [3.63, 3.8) is 0 Å². The van der Waals surface area contributed by atoms with Gasteiger partial charge in [-0.25, -0.2) is 8.42 Å². The highest BCUT2D eigenvalue weighted by Crippen LogP contribution is 2.24. The van der Waals surface area contributed by atoms with Crippen molar-refractivity contribution in [3.8, 4) is 5.75 Å². The van der Waals surface area contributed by atoms with E-state index in [0.29, 0.717) is 19.8 Å². The summed E-state index contributed by atoms with van der Waals surface area (Å²) in [6.45, 7) is 3.19. The first-order chi connectivity index (χ1) is 10.3. The molecule has 0 radical (unpaired) electrons. The number of sulfone groups is 1. The second-order valence-electron chi connectivity index (χ2n) is 4.95. The Bertz CT molecular complexity index is 580. The van der Waals surface area contributed by atoms with E-state index in [4.69, 9.17) is 4.74 Å². The monoisotopic (exact) mass is 340 g/mol. The Kier molecular flexibility index (Phi) is 5.30. The number of benzene rings is 1. The molecule has 0 amide bonds. The molecule has 1 aromatic rings. The number of rotatable bonds is 5. The largest absolute Gasteiger partial charge is 0.573 e. The van der Waals surface area contributed by atoms with Crippen LogP contribution in [0, 0.1) is 0 Å². The summed E-state index contributed by atoms with van der Waals surface area (Å²) < 4.78 is 69.4. The zero-order chi connectivity index (χ0) is 16.2. The molecule has 124 valence electrons. The fourth-order valence-electron chi connectivity index (χ4n) is 2.16. The third-order valence-corrected chi connectivity index (χ3v) is 5.07. The maximum absolute atomic E-state index is 12.2. The van der Waals surface area contributed by atoms with Crippen molar-refractivity contribution in [2.75, 3.05) is 38.6 Å². The molecule has 0 aliphatic carbocycles. The molecule has 9 heteroatoms. The first kappa shape index (κ1) is 17.0. The van der Waals surface area contributed by atoms with Crippen molar-refractivity contribution in [1.82, 2.24) is 0 Å². The normalized spacial score (nSPS) is 17.4. The van der Waals surface area contributed by atoms with Gasteiger partial charge in [0.15, 0.2) is 9.84 Å². The molecule has 2 rings (SSSR count). The highest BCUT2D eigenvalue weighted by atomic mass is 32.2. The van der Waals surface area contributed by atoms with Crippen LogP contribution in [-0.2, 0) is 14.6 Å². The van der Waals surface area contributed by atoms with Crippen LogP contribution in [0.5, 0.6) is 5.75 Å². The molecule has 1 aliphatic heterocycles. The van der Waals surface area contributed by atoms with Gasteiger partial charge in [0.2, 0.25) is 0 Å². The molecule has 1 N–H and O–H groups in total. The van der Waals surface area contributed by atoms with Crippen LogP contribution in [-0.4, -0.2) is 53.4 Å². The van der Waals surface area contributed by atoms with Crippen molar-refractivity contribution in [2.45, 2.75) is 11.3 Å². The number of alkyl halides is 3. The molecule has 0 atom stereocenters. The molecular formula is C13H17F3NO4S+. The lowest BCUT2D eigenvalue weighted by Gasteiger charge is -2.23. The summed E-state index contributed by atoms with van der Waals surface area (Å²) >= 11 is 0. The Morgan fingerprint density at radius 2 is 1.73 bits per heavy atom. The van der Waals surface area contributed by atoms with Crippen molar-refractivity contribution in [1.29, 1.82) is 0 Å². The minimum atomic E-state index is -4.79. The van der Waals surface area contributed by atoms with Crippen molar-refractivity contribution < 1.29 is 36.0 Å². The van der Waals surface area contributed by atoms with Crippen LogP contribution in [0.25, 0.3) is 0 Å². The SMILES string of the molecule is O=S(=O)(CC[NH+]1CCOCC1)c1ccc(OC(F)(F)F)cc1. The van der Waals surface area contributed by atoms with Gasteiger partial charge in [0.25, 0.3) is 0 Å². The van der Waals surface area contributed by atoms with Gasteiger partial charge in [0, 0.05) is 0 Å². The maximum Gasteiger partial charge on any atom is 0.573 e. The minimum absolute atomic E-state index is 0.00492. The van der Waals surface area contributed by atoms with E-state index in [-0.39, 0.29) is 10.6 Å². The zero-order valence-corrected chi connectivity index (χ0v) is 12.5. The van der Waals surface area contributed by atoms with Gasteiger partial charge in [-0.15, -0.1) is 13.2 Å². The third kappa shape index (κ3) is 5.15. The lowest BCUT2D eigenvalue weighted by molar-refractivity contribution is -0.905. The number of ether oxygens (including phenoxy) is 2. The predicted molar refractivity (Wildman–Crippen MR) is 71.6 cm³/mol. The summed E-state index contributed by atoms with van der Waals surface area (Å²) in [5, 5.41) is 0. The summed E-state index contributed by atoms with van der Waals surface area (Å²) in [5.41, 5.74) is 0. The molecule has 1 aliphatic rings. The fourth-order valence-corrected chi connectivity index (χ4v) is 3.50. The summed E-state index contributed by atoms with van der Waals surface area (Å²) in [6, 6.07) is 4.26. The second kappa shape index (κ2) is 6.84. The first-order valence-electron chi connectivity index (χ1n) is 6.76. The first-order valence-corrected chi connectivity index (χ1v) is 8.41. The van der Waals surface area contributed by atoms with Gasteiger partial charge in [-0.3, -0.25) is 0 Å². The van der Waals surface area contributed by atoms with Crippen LogP contribution >= 0.6 is 0 Å². The smallest absolute Gasteiger partial charge is 0.406 e. The Balaban J connectivity index is 1.96. The Hall–Kier alpha value is -1.32. The van der Waals surface area contributed by atoms with E-state index in [1.807, 2.05) is 0 Å². The number of hydrogen-bond donors (Lipinski definition) is 1. The molecule has 0 bridgehead atoms. The average Bonchev–Trinajstić information content (AvgIpc) is 2.45. The topological polar surface area (TPSA) is 57.0 Å². The van der Waals surface area contributed by atoms with Crippen molar-refractivity contribution in [3.05, 3.63) is 24.3 Å². The summed E-state index contributed by atoms with van der Waals surface area (Å²) in [4.78, 5) is 1.14. The van der Waals surface area contributed by atoms with Gasteiger partial charge in [-0.1, -0.05) is 0 Å². The number of quaternary nitrogens is 1. The Labute approximate surface area is 126 Å². The van der Waals surface area contributed by atoms with Gasteiger partial charge in [-0.2, -0.15) is 0 Å². The number of nitrogens with one attached hydrogen (secondary N) is 1. The average molecular weight is 340 g/mol. The zero-order valence-electron chi connectivity index (χ0n) is 11.7. The molecule has 22 heavy (non-hydrogen) atoms. The van der Waals surface area contributed by atoms with Gasteiger partial charge < -0.3 is 14.4 Å². The Morgan fingerprint density at radius 1 is 1.14 bits per heavy atom. The molecular weight excluding hydrogens is 323 g/mol. The lowest BCUT2D eigenvalue weighted by atomic mass is 10.3. The predicted octanol–water partition coefficient (Wildman–Crippen LogP) is 0.274. The van der Waals surface area contributed by atoms with Crippen molar-refractivity contribution >= 4 is 9.84 Å². The van der Waals surface area contributed by atoms with Crippen LogP contribution in [0.3, 0.4) is 0 Å². The van der Waals surface area contributed by atoms with Gasteiger partial charge in [0.05, 0.1) is 24.7 Å². The molecule has 1 saturated heterocycles. The molecule has 1 heterocycles. The standard InChI is InChI=1S/C13H16F3NO4S/c14-13(15,16)21-11-1-3-12(4-2-11)22(18,19)10-7-17-5-8-20-9-6-17/h1-4H,5-10H2/p+1. The number of hydrogen-bond acceptors (Lipinski definition) is 4. The highest BCUT2D eigenvalue weighted by Gasteiger charge is 2.31. The number of halogens is 3. The van der Waals surface area contributed by atoms with Crippen LogP contribution in [0.4, 0.5) is 13.2 Å². The van der Waals surface area contributed by atoms with E-state index in [0.717, 1.165) is 42.3 Å². The van der Waals surface area contributed by atoms with Gasteiger partial charge >= 0.3 is 6.36 Å². The van der Waals surface area contributed by atoms with E-state index < -0.39 is 21.9 Å². The summed E-state index contributed by atoms with van der Waals surface area (Å²) in [5.74, 6) is -0.493. The number of morpholine rings is 1. The third-order valence-electron chi connectivity index (χ3n) is 3.34. The van der Waals surface area contributed by atoms with E-state index in [2.05, 4.69) is 4.74 Å². The molecule has 1 fully saturated rings. The minimum Gasteiger partial charge on any atom is -0.406 e. The Morgan fingerprint density at radius 3 is 2.27 bits per heavy atom. The molecule has 0 saturated carbocycles. The lowest BCUT2D eigenvalue weighted by Crippen LogP contribution is -3.14. The quantitative estimate of drug-likeness (QED) is 0.836. The van der Waals surface area contributed by atoms with Crippen LogP contribution < -0.4 is 9.64 Å². The molecule has 5 nitrogen and oxygen atoms in total. The van der Waals surface area contributed by atoms with E-state index in [1.54, 1.807) is 0 Å². The molecule has 0 spiro atoms. The highest BCUT2D eigenvalue weighted by molar-refractivity contribution is 7.91. The van der Waals surface area contributed by atoms with Crippen LogP contribution in [0.1, 0.15) is 0 Å². The molecule has 1 aromatic carbocycles. The van der Waals surface area contributed by atoms with Gasteiger partial charge in [0.1, 0.15) is 24.6 Å². The van der Waals surface area contributed by atoms with E-state index in [1.165, 1.54) is 0 Å². The van der Waals surface area contributed by atoms with Gasteiger partial charge in [-0.05, 0) is 24.3 Å².